The summed E-state index contributed by atoms with van der Waals surface area (Å²) in [6.45, 7) is 0. The minimum Gasteiger partial charge on any atom is -0.309 e. The minimum absolute atomic E-state index is 1.14. The Morgan fingerprint density at radius 3 is 1.25 bits per heavy atom. The highest BCUT2D eigenvalue weighted by atomic mass is 15.0. The number of rotatable bonds is 6. The monoisotopic (exact) mass is 801 g/mol. The van der Waals surface area contributed by atoms with Gasteiger partial charge in [-0.15, -0.1) is 0 Å². The number of para-hydroxylation sites is 3. The average Bonchev–Trinajstić information content (AvgIpc) is 4.00. The van der Waals surface area contributed by atoms with Crippen LogP contribution in [0, 0.1) is 0 Å². The molecule has 0 amide bonds. The summed E-state index contributed by atoms with van der Waals surface area (Å²) < 4.78 is 7.30. The van der Waals surface area contributed by atoms with Crippen LogP contribution in [0.2, 0.25) is 0 Å². The molecule has 3 heterocycles. The van der Waals surface area contributed by atoms with Crippen molar-refractivity contribution in [1.82, 2.24) is 13.7 Å². The van der Waals surface area contributed by atoms with E-state index in [1.807, 2.05) is 0 Å². The lowest BCUT2D eigenvalue weighted by molar-refractivity contribution is 1.17. The molecule has 3 aromatic heterocycles. The highest BCUT2D eigenvalue weighted by molar-refractivity contribution is 6.29. The zero-order valence-electron chi connectivity index (χ0n) is 34.4. The lowest BCUT2D eigenvalue weighted by Gasteiger charge is -2.11. The molecule has 0 spiro atoms. The van der Waals surface area contributed by atoms with Gasteiger partial charge in [-0.25, -0.2) is 0 Å². The van der Waals surface area contributed by atoms with Gasteiger partial charge in [-0.2, -0.15) is 0 Å². The first-order chi connectivity index (χ1) is 31.3. The van der Waals surface area contributed by atoms with Gasteiger partial charge in [-0.3, -0.25) is 0 Å². The van der Waals surface area contributed by atoms with Crippen LogP contribution >= 0.6 is 0 Å². The van der Waals surface area contributed by atoms with E-state index in [1.165, 1.54) is 98.8 Å². The predicted molar refractivity (Wildman–Crippen MR) is 266 cm³/mol. The Labute approximate surface area is 364 Å². The maximum atomic E-state index is 2.47. The van der Waals surface area contributed by atoms with Crippen LogP contribution in [0.5, 0.6) is 0 Å². The van der Waals surface area contributed by atoms with Crippen LogP contribution in [-0.4, -0.2) is 13.7 Å². The second-order valence-electron chi connectivity index (χ2n) is 16.5. The highest BCUT2D eigenvalue weighted by Gasteiger charge is 2.22. The first-order valence-electron chi connectivity index (χ1n) is 21.7. The third-order valence-corrected chi connectivity index (χ3v) is 13.0. The van der Waals surface area contributed by atoms with E-state index in [0.717, 1.165) is 17.1 Å². The number of aromatic nitrogens is 3. The van der Waals surface area contributed by atoms with E-state index >= 15 is 0 Å². The van der Waals surface area contributed by atoms with Crippen molar-refractivity contribution < 1.29 is 0 Å². The van der Waals surface area contributed by atoms with Crippen molar-refractivity contribution in [3.63, 3.8) is 0 Å². The molecule has 13 aromatic rings. The quantitative estimate of drug-likeness (QED) is 0.159. The van der Waals surface area contributed by atoms with Crippen LogP contribution in [-0.2, 0) is 0 Å². The summed E-state index contributed by atoms with van der Waals surface area (Å²) in [5.74, 6) is 0. The van der Waals surface area contributed by atoms with E-state index in [1.54, 1.807) is 0 Å². The molecule has 13 rings (SSSR count). The zero-order chi connectivity index (χ0) is 41.4. The molecular formula is C60H39N3. The van der Waals surface area contributed by atoms with Crippen LogP contribution in [0.25, 0.3) is 116 Å². The van der Waals surface area contributed by atoms with Crippen LogP contribution in [0.3, 0.4) is 0 Å². The molecule has 294 valence electrons. The van der Waals surface area contributed by atoms with Crippen molar-refractivity contribution in [3.8, 4) is 50.4 Å². The molecule has 0 aliphatic carbocycles. The van der Waals surface area contributed by atoms with Crippen molar-refractivity contribution in [1.29, 1.82) is 0 Å². The average molecular weight is 802 g/mol. The van der Waals surface area contributed by atoms with Crippen LogP contribution in [0.15, 0.2) is 237 Å². The summed E-state index contributed by atoms with van der Waals surface area (Å²) in [7, 11) is 0. The third kappa shape index (κ3) is 5.53. The number of benzene rings is 10. The largest absolute Gasteiger partial charge is 0.309 e. The topological polar surface area (TPSA) is 14.8 Å². The Hall–Kier alpha value is -8.40. The van der Waals surface area contributed by atoms with Gasteiger partial charge in [0.2, 0.25) is 0 Å². The molecule has 0 unspecified atom stereocenters. The number of hydrogen-bond acceptors (Lipinski definition) is 0. The van der Waals surface area contributed by atoms with Crippen molar-refractivity contribution in [2.45, 2.75) is 0 Å². The molecule has 0 aliphatic rings. The minimum atomic E-state index is 1.14. The van der Waals surface area contributed by atoms with E-state index in [9.17, 15) is 0 Å². The van der Waals surface area contributed by atoms with Gasteiger partial charge in [0.05, 0.1) is 33.1 Å². The van der Waals surface area contributed by atoms with Crippen molar-refractivity contribution in [2.75, 3.05) is 0 Å². The van der Waals surface area contributed by atoms with Crippen molar-refractivity contribution >= 4 is 65.4 Å². The summed E-state index contributed by atoms with van der Waals surface area (Å²) in [4.78, 5) is 0. The lowest BCUT2D eigenvalue weighted by atomic mass is 9.99. The van der Waals surface area contributed by atoms with Gasteiger partial charge in [0.15, 0.2) is 0 Å². The van der Waals surface area contributed by atoms with Gasteiger partial charge in [-0.1, -0.05) is 152 Å². The van der Waals surface area contributed by atoms with Gasteiger partial charge in [0.25, 0.3) is 0 Å². The molecule has 0 fully saturated rings. The van der Waals surface area contributed by atoms with Gasteiger partial charge in [-0.05, 0) is 118 Å². The second-order valence-corrected chi connectivity index (χ2v) is 16.5. The smallest absolute Gasteiger partial charge is 0.0548 e. The van der Waals surface area contributed by atoms with Crippen LogP contribution in [0.1, 0.15) is 0 Å². The van der Waals surface area contributed by atoms with E-state index in [-0.39, 0.29) is 0 Å². The standard InChI is InChI=1S/C60H39N3/c1-4-15-40(16-5-1)42-27-31-47(32-28-42)61-53-25-12-10-23-49(53)51-38-44(29-33-55(51)61)45-30-34-56-52(39-45)60-58(63(56)48-22-14-19-43(37-48)41-17-6-2-7-18-41)36-35-57-59(60)50-24-11-13-26-54(50)62(57)46-20-8-3-9-21-46/h1-39H. The fourth-order valence-corrected chi connectivity index (χ4v) is 10.2. The molecule has 3 heteroatoms. The van der Waals surface area contributed by atoms with Crippen molar-refractivity contribution in [3.05, 3.63) is 237 Å². The van der Waals surface area contributed by atoms with E-state index in [2.05, 4.69) is 250 Å². The Morgan fingerprint density at radius 2 is 0.571 bits per heavy atom. The first kappa shape index (κ1) is 35.4. The Bertz CT molecular complexity index is 3870. The molecule has 0 atom stereocenters. The van der Waals surface area contributed by atoms with Gasteiger partial charge < -0.3 is 13.7 Å². The molecule has 63 heavy (non-hydrogen) atoms. The summed E-state index contributed by atoms with van der Waals surface area (Å²) >= 11 is 0. The molecule has 0 N–H and O–H groups in total. The molecule has 0 saturated carbocycles. The van der Waals surface area contributed by atoms with Gasteiger partial charge in [0.1, 0.15) is 0 Å². The van der Waals surface area contributed by atoms with E-state index < -0.39 is 0 Å². The van der Waals surface area contributed by atoms with E-state index in [0.29, 0.717) is 0 Å². The number of hydrogen-bond donors (Lipinski definition) is 0. The highest BCUT2D eigenvalue weighted by Crippen LogP contribution is 2.44. The maximum Gasteiger partial charge on any atom is 0.0548 e. The molecular weight excluding hydrogens is 763 g/mol. The maximum absolute atomic E-state index is 2.47. The molecule has 10 aromatic carbocycles. The summed E-state index contributed by atoms with van der Waals surface area (Å²) in [5, 5.41) is 7.49. The number of nitrogens with zero attached hydrogens (tertiary/aromatic N) is 3. The lowest BCUT2D eigenvalue weighted by Crippen LogP contribution is -1.95. The molecule has 0 radical (unpaired) electrons. The fourth-order valence-electron chi connectivity index (χ4n) is 10.2. The normalized spacial score (nSPS) is 11.8. The second kappa shape index (κ2) is 14.1. The molecule has 0 saturated heterocycles. The van der Waals surface area contributed by atoms with E-state index in [4.69, 9.17) is 0 Å². The van der Waals surface area contributed by atoms with Gasteiger partial charge >= 0.3 is 0 Å². The first-order valence-corrected chi connectivity index (χ1v) is 21.7. The Balaban J connectivity index is 1.05. The van der Waals surface area contributed by atoms with Crippen molar-refractivity contribution in [2.24, 2.45) is 0 Å². The summed E-state index contributed by atoms with van der Waals surface area (Å²) in [6, 6.07) is 86.4. The molecule has 0 bridgehead atoms. The Kier molecular flexibility index (Phi) is 7.91. The zero-order valence-corrected chi connectivity index (χ0v) is 34.4. The molecule has 3 nitrogen and oxygen atoms in total. The van der Waals surface area contributed by atoms with Crippen LogP contribution in [0.4, 0.5) is 0 Å². The fraction of sp³-hybridized carbons (Fsp3) is 0. The number of fused-ring (bicyclic) bond motifs is 10. The SMILES string of the molecule is c1ccc(-c2ccc(-n3c4ccccc4c4cc(-c5ccc6c(c5)c5c7c8ccccc8n(-c8ccccc8)c7ccc5n6-c5cccc(-c6ccccc6)c5)ccc43)cc2)cc1. The third-order valence-electron chi connectivity index (χ3n) is 13.0. The summed E-state index contributed by atoms with van der Waals surface area (Å²) in [6.07, 6.45) is 0. The summed E-state index contributed by atoms with van der Waals surface area (Å²) in [5.41, 5.74) is 17.8. The Morgan fingerprint density at radius 1 is 0.190 bits per heavy atom. The van der Waals surface area contributed by atoms with Gasteiger partial charge in [0, 0.05) is 49.4 Å². The predicted octanol–water partition coefficient (Wildman–Crippen LogP) is 16.0. The van der Waals surface area contributed by atoms with Crippen LogP contribution < -0.4 is 0 Å². The molecule has 0 aliphatic heterocycles.